The summed E-state index contributed by atoms with van der Waals surface area (Å²) in [5.74, 6) is 0.901. The van der Waals surface area contributed by atoms with Crippen molar-refractivity contribution >= 4 is 5.97 Å². The Hall–Kier alpha value is -2.03. The minimum absolute atomic E-state index is 0.188. The fourth-order valence-corrected chi connectivity index (χ4v) is 3.60. The van der Waals surface area contributed by atoms with Crippen molar-refractivity contribution in [2.24, 2.45) is 0 Å². The van der Waals surface area contributed by atoms with Gasteiger partial charge in [-0.15, -0.1) is 6.58 Å². The molecule has 0 unspecified atom stereocenters. The van der Waals surface area contributed by atoms with E-state index in [1.807, 2.05) is 18.2 Å². The van der Waals surface area contributed by atoms with Gasteiger partial charge in [-0.1, -0.05) is 82.6 Å². The molecule has 0 heterocycles. The average Bonchev–Trinajstić information content (AvgIpc) is 2.77. The largest absolute Gasteiger partial charge is 0.493 e. The summed E-state index contributed by atoms with van der Waals surface area (Å²) in [5, 5.41) is 0. The van der Waals surface area contributed by atoms with Crippen LogP contribution in [0, 0.1) is 0 Å². The number of hydrogen-bond donors (Lipinski definition) is 0. The number of carbonyl (C=O) groups is 1. The van der Waals surface area contributed by atoms with Crippen LogP contribution in [0.4, 0.5) is 0 Å². The standard InChI is InChI=1S/C28H44O3/c1-4-6-7-8-9-10-11-12-13-14-15-16-17-18-19-21-28(29)31-26-23-22-25(20-5-2)24-27(26)30-3/h5,12-13,22-24H,2,4,6-11,14-21H2,1,3H3/b13-12+. The SMILES string of the molecule is C=CCc1ccc(OC(=O)CCCCCCC/C=C/CCCCCCCC)c(OC)c1. The van der Waals surface area contributed by atoms with Gasteiger partial charge in [-0.05, 0) is 56.2 Å². The maximum atomic E-state index is 12.1. The first-order valence-corrected chi connectivity index (χ1v) is 12.3. The number of esters is 1. The third-order valence-corrected chi connectivity index (χ3v) is 5.47. The van der Waals surface area contributed by atoms with Crippen LogP contribution in [0.25, 0.3) is 0 Å². The second-order valence-corrected chi connectivity index (χ2v) is 8.29. The Morgan fingerprint density at radius 2 is 1.48 bits per heavy atom. The maximum absolute atomic E-state index is 12.1. The molecule has 3 heteroatoms. The van der Waals surface area contributed by atoms with Gasteiger partial charge in [0, 0.05) is 6.42 Å². The van der Waals surface area contributed by atoms with E-state index < -0.39 is 0 Å². The quantitative estimate of drug-likeness (QED) is 0.0960. The van der Waals surface area contributed by atoms with E-state index in [-0.39, 0.29) is 5.97 Å². The molecule has 0 aliphatic carbocycles. The van der Waals surface area contributed by atoms with Gasteiger partial charge in [0.2, 0.25) is 0 Å². The van der Waals surface area contributed by atoms with Gasteiger partial charge >= 0.3 is 5.97 Å². The highest BCUT2D eigenvalue weighted by Gasteiger charge is 2.10. The number of carbonyl (C=O) groups excluding carboxylic acids is 1. The van der Waals surface area contributed by atoms with Gasteiger partial charge < -0.3 is 9.47 Å². The number of allylic oxidation sites excluding steroid dienone is 3. The Balaban J connectivity index is 2.04. The van der Waals surface area contributed by atoms with Gasteiger partial charge in [-0.3, -0.25) is 4.79 Å². The molecule has 0 saturated heterocycles. The van der Waals surface area contributed by atoms with E-state index in [0.29, 0.717) is 17.9 Å². The summed E-state index contributed by atoms with van der Waals surface area (Å²) in [6.07, 6.45) is 24.0. The Bertz CT molecular complexity index is 633. The van der Waals surface area contributed by atoms with Crippen LogP contribution in [-0.4, -0.2) is 13.1 Å². The highest BCUT2D eigenvalue weighted by molar-refractivity contribution is 5.73. The molecule has 0 bridgehead atoms. The Morgan fingerprint density at radius 1 is 0.871 bits per heavy atom. The van der Waals surface area contributed by atoms with Crippen LogP contribution in [0.1, 0.15) is 102 Å². The van der Waals surface area contributed by atoms with E-state index in [4.69, 9.17) is 9.47 Å². The zero-order chi connectivity index (χ0) is 22.6. The normalized spacial score (nSPS) is 11.0. The lowest BCUT2D eigenvalue weighted by Gasteiger charge is -2.10. The molecule has 1 rings (SSSR count). The van der Waals surface area contributed by atoms with Crippen molar-refractivity contribution in [2.75, 3.05) is 7.11 Å². The topological polar surface area (TPSA) is 35.5 Å². The van der Waals surface area contributed by atoms with Gasteiger partial charge in [0.1, 0.15) is 0 Å². The van der Waals surface area contributed by atoms with Crippen molar-refractivity contribution in [3.05, 3.63) is 48.6 Å². The highest BCUT2D eigenvalue weighted by Crippen LogP contribution is 2.29. The van der Waals surface area contributed by atoms with Crippen molar-refractivity contribution in [1.82, 2.24) is 0 Å². The van der Waals surface area contributed by atoms with Crippen molar-refractivity contribution in [3.8, 4) is 11.5 Å². The van der Waals surface area contributed by atoms with Crippen LogP contribution in [0.2, 0.25) is 0 Å². The predicted molar refractivity (Wildman–Crippen MR) is 132 cm³/mol. The molecule has 0 N–H and O–H groups in total. The molecule has 0 amide bonds. The fourth-order valence-electron chi connectivity index (χ4n) is 3.60. The number of unbranched alkanes of at least 4 members (excludes halogenated alkanes) is 11. The fraction of sp³-hybridized carbons (Fsp3) is 0.607. The monoisotopic (exact) mass is 428 g/mol. The summed E-state index contributed by atoms with van der Waals surface area (Å²) in [4.78, 5) is 12.1. The van der Waals surface area contributed by atoms with Crippen molar-refractivity contribution in [1.29, 1.82) is 0 Å². The van der Waals surface area contributed by atoms with Gasteiger partial charge in [0.15, 0.2) is 11.5 Å². The minimum atomic E-state index is -0.188. The number of hydrogen-bond acceptors (Lipinski definition) is 3. The van der Waals surface area contributed by atoms with Crippen LogP contribution in [0.5, 0.6) is 11.5 Å². The predicted octanol–water partition coefficient (Wildman–Crippen LogP) is 8.37. The molecule has 0 aromatic heterocycles. The Morgan fingerprint density at radius 3 is 2.10 bits per heavy atom. The molecule has 0 aliphatic heterocycles. The highest BCUT2D eigenvalue weighted by atomic mass is 16.6. The first-order valence-electron chi connectivity index (χ1n) is 12.3. The third kappa shape index (κ3) is 13.8. The number of methoxy groups -OCH3 is 1. The smallest absolute Gasteiger partial charge is 0.311 e. The summed E-state index contributed by atoms with van der Waals surface area (Å²) in [5.41, 5.74) is 1.09. The summed E-state index contributed by atoms with van der Waals surface area (Å²) >= 11 is 0. The van der Waals surface area contributed by atoms with Gasteiger partial charge in [0.25, 0.3) is 0 Å². The van der Waals surface area contributed by atoms with Crippen LogP contribution < -0.4 is 9.47 Å². The Labute approximate surface area is 190 Å². The van der Waals surface area contributed by atoms with E-state index in [0.717, 1.165) is 24.8 Å². The van der Waals surface area contributed by atoms with E-state index in [2.05, 4.69) is 25.7 Å². The molecular weight excluding hydrogens is 384 g/mol. The molecule has 0 fully saturated rings. The zero-order valence-electron chi connectivity index (χ0n) is 20.0. The number of ether oxygens (including phenoxy) is 2. The molecule has 1 aromatic carbocycles. The first-order chi connectivity index (χ1) is 15.2. The average molecular weight is 429 g/mol. The lowest BCUT2D eigenvalue weighted by atomic mass is 10.1. The van der Waals surface area contributed by atoms with Crippen LogP contribution >= 0.6 is 0 Å². The molecule has 0 atom stereocenters. The molecule has 0 spiro atoms. The molecule has 1 aromatic rings. The zero-order valence-corrected chi connectivity index (χ0v) is 20.0. The third-order valence-electron chi connectivity index (χ3n) is 5.47. The molecule has 0 aliphatic rings. The summed E-state index contributed by atoms with van der Waals surface area (Å²) in [7, 11) is 1.59. The van der Waals surface area contributed by atoms with Crippen molar-refractivity contribution < 1.29 is 14.3 Å². The van der Waals surface area contributed by atoms with Crippen LogP contribution in [0.3, 0.4) is 0 Å². The van der Waals surface area contributed by atoms with E-state index in [1.54, 1.807) is 13.2 Å². The lowest BCUT2D eigenvalue weighted by Crippen LogP contribution is -2.08. The van der Waals surface area contributed by atoms with Crippen molar-refractivity contribution in [2.45, 2.75) is 103 Å². The van der Waals surface area contributed by atoms with Crippen LogP contribution in [0.15, 0.2) is 43.0 Å². The number of rotatable bonds is 19. The lowest BCUT2D eigenvalue weighted by molar-refractivity contribution is -0.134. The molecule has 0 radical (unpaired) electrons. The second kappa shape index (κ2) is 18.7. The van der Waals surface area contributed by atoms with Crippen molar-refractivity contribution in [3.63, 3.8) is 0 Å². The molecule has 174 valence electrons. The van der Waals surface area contributed by atoms with E-state index in [1.165, 1.54) is 70.6 Å². The molecule has 3 nitrogen and oxygen atoms in total. The molecule has 31 heavy (non-hydrogen) atoms. The van der Waals surface area contributed by atoms with Crippen LogP contribution in [-0.2, 0) is 11.2 Å². The van der Waals surface area contributed by atoms with E-state index >= 15 is 0 Å². The van der Waals surface area contributed by atoms with Gasteiger partial charge in [0.05, 0.1) is 7.11 Å². The Kier molecular flexibility index (Phi) is 16.3. The molecular formula is C28H44O3. The summed E-state index contributed by atoms with van der Waals surface area (Å²) in [6, 6.07) is 5.64. The first kappa shape index (κ1) is 27.0. The van der Waals surface area contributed by atoms with E-state index in [9.17, 15) is 4.79 Å². The second-order valence-electron chi connectivity index (χ2n) is 8.29. The summed E-state index contributed by atoms with van der Waals surface area (Å²) in [6.45, 7) is 6.01. The van der Waals surface area contributed by atoms with Gasteiger partial charge in [-0.2, -0.15) is 0 Å². The number of benzene rings is 1. The molecule has 0 saturated carbocycles. The summed E-state index contributed by atoms with van der Waals surface area (Å²) < 4.78 is 10.8. The maximum Gasteiger partial charge on any atom is 0.311 e. The van der Waals surface area contributed by atoms with Gasteiger partial charge in [-0.25, -0.2) is 0 Å². The minimum Gasteiger partial charge on any atom is -0.493 e.